The second-order valence-corrected chi connectivity index (χ2v) is 6.03. The van der Waals surface area contributed by atoms with Gasteiger partial charge in [-0.05, 0) is 43.2 Å². The zero-order valence-electron chi connectivity index (χ0n) is 12.6. The van der Waals surface area contributed by atoms with Crippen LogP contribution in [0.3, 0.4) is 0 Å². The number of carbonyl (C=O) groups excluding carboxylic acids is 1. The zero-order chi connectivity index (χ0) is 16.3. The van der Waals surface area contributed by atoms with E-state index in [9.17, 15) is 9.59 Å². The summed E-state index contributed by atoms with van der Waals surface area (Å²) in [5.41, 5.74) is 2.80. The highest BCUT2D eigenvalue weighted by Crippen LogP contribution is 2.23. The predicted octanol–water partition coefficient (Wildman–Crippen LogP) is 3.46. The van der Waals surface area contributed by atoms with Gasteiger partial charge in [-0.25, -0.2) is 4.79 Å². The molecule has 0 saturated heterocycles. The lowest BCUT2D eigenvalue weighted by atomic mass is 10.1. The van der Waals surface area contributed by atoms with Crippen LogP contribution in [0.15, 0.2) is 23.6 Å². The van der Waals surface area contributed by atoms with Gasteiger partial charge in [0.15, 0.2) is 0 Å². The fourth-order valence-corrected chi connectivity index (χ4v) is 2.94. The molecular formula is C16H17NO4S. The van der Waals surface area contributed by atoms with Gasteiger partial charge in [-0.2, -0.15) is 0 Å². The van der Waals surface area contributed by atoms with Crippen molar-refractivity contribution >= 4 is 28.9 Å². The van der Waals surface area contributed by atoms with Gasteiger partial charge in [0.1, 0.15) is 0 Å². The van der Waals surface area contributed by atoms with Crippen molar-refractivity contribution in [3.05, 3.63) is 50.7 Å². The first-order valence-electron chi connectivity index (χ1n) is 6.64. The average Bonchev–Trinajstić information content (AvgIpc) is 2.79. The van der Waals surface area contributed by atoms with Crippen LogP contribution in [0, 0.1) is 13.8 Å². The van der Waals surface area contributed by atoms with Gasteiger partial charge in [-0.3, -0.25) is 4.79 Å². The number of rotatable bonds is 5. The number of carbonyl (C=O) groups is 2. The van der Waals surface area contributed by atoms with Gasteiger partial charge in [-0.15, -0.1) is 11.3 Å². The molecule has 2 aromatic rings. The molecule has 0 aliphatic rings. The quantitative estimate of drug-likeness (QED) is 0.885. The van der Waals surface area contributed by atoms with E-state index in [1.54, 1.807) is 11.4 Å². The molecule has 0 bridgehead atoms. The maximum absolute atomic E-state index is 12.3. The average molecular weight is 319 g/mol. The van der Waals surface area contributed by atoms with E-state index in [0.29, 0.717) is 16.8 Å². The number of hydrogen-bond acceptors (Lipinski definition) is 4. The largest absolute Gasteiger partial charge is 0.478 e. The molecule has 2 rings (SSSR count). The van der Waals surface area contributed by atoms with Crippen LogP contribution in [0.1, 0.15) is 36.7 Å². The summed E-state index contributed by atoms with van der Waals surface area (Å²) in [6, 6.07) is 4.68. The summed E-state index contributed by atoms with van der Waals surface area (Å²) in [4.78, 5) is 24.6. The maximum Gasteiger partial charge on any atom is 0.335 e. The first kappa shape index (κ1) is 16.2. The number of thiophene rings is 1. The van der Waals surface area contributed by atoms with Crippen molar-refractivity contribution in [1.29, 1.82) is 0 Å². The predicted molar refractivity (Wildman–Crippen MR) is 85.9 cm³/mol. The third-order valence-electron chi connectivity index (χ3n) is 3.34. The fraction of sp³-hybridized carbons (Fsp3) is 0.250. The number of benzene rings is 1. The van der Waals surface area contributed by atoms with E-state index in [1.807, 2.05) is 13.8 Å². The van der Waals surface area contributed by atoms with Crippen LogP contribution in [0.2, 0.25) is 0 Å². The molecule has 0 fully saturated rings. The highest BCUT2D eigenvalue weighted by Gasteiger charge is 2.14. The van der Waals surface area contributed by atoms with E-state index in [0.717, 1.165) is 10.4 Å². The van der Waals surface area contributed by atoms with E-state index in [-0.39, 0.29) is 18.1 Å². The normalized spacial score (nSPS) is 10.5. The van der Waals surface area contributed by atoms with Gasteiger partial charge < -0.3 is 15.2 Å². The van der Waals surface area contributed by atoms with Crippen LogP contribution in [-0.2, 0) is 11.3 Å². The van der Waals surface area contributed by atoms with Crippen molar-refractivity contribution in [3.8, 4) is 0 Å². The van der Waals surface area contributed by atoms with Crippen molar-refractivity contribution in [1.82, 2.24) is 0 Å². The highest BCUT2D eigenvalue weighted by molar-refractivity contribution is 7.10. The van der Waals surface area contributed by atoms with Crippen molar-refractivity contribution in [2.75, 3.05) is 12.4 Å². The van der Waals surface area contributed by atoms with Crippen molar-refractivity contribution in [3.63, 3.8) is 0 Å². The molecule has 116 valence electrons. The van der Waals surface area contributed by atoms with Gasteiger partial charge >= 0.3 is 5.97 Å². The number of nitrogens with one attached hydrogen (secondary N) is 1. The number of methoxy groups -OCH3 is 1. The van der Waals surface area contributed by atoms with Crippen LogP contribution in [0.5, 0.6) is 0 Å². The Balaban J connectivity index is 2.30. The Morgan fingerprint density at radius 3 is 2.55 bits per heavy atom. The van der Waals surface area contributed by atoms with Crippen molar-refractivity contribution in [2.24, 2.45) is 0 Å². The van der Waals surface area contributed by atoms with Crippen LogP contribution >= 0.6 is 11.3 Å². The van der Waals surface area contributed by atoms with E-state index in [4.69, 9.17) is 9.84 Å². The Hall–Kier alpha value is -2.18. The van der Waals surface area contributed by atoms with Crippen LogP contribution in [-0.4, -0.2) is 24.1 Å². The van der Waals surface area contributed by atoms with Crippen LogP contribution in [0.4, 0.5) is 5.69 Å². The summed E-state index contributed by atoms with van der Waals surface area (Å²) in [7, 11) is 1.53. The lowest BCUT2D eigenvalue weighted by Gasteiger charge is -2.09. The van der Waals surface area contributed by atoms with Gasteiger partial charge in [-0.1, -0.05) is 0 Å². The summed E-state index contributed by atoms with van der Waals surface area (Å²) < 4.78 is 5.03. The molecule has 0 unspecified atom stereocenters. The minimum absolute atomic E-state index is 0.114. The molecular weight excluding hydrogens is 302 g/mol. The second-order valence-electron chi connectivity index (χ2n) is 4.94. The number of ether oxygens (including phenoxy) is 1. The monoisotopic (exact) mass is 319 g/mol. The third kappa shape index (κ3) is 3.52. The minimum atomic E-state index is -1.05. The summed E-state index contributed by atoms with van der Waals surface area (Å²) in [5, 5.41) is 13.7. The van der Waals surface area contributed by atoms with Crippen LogP contribution in [0.25, 0.3) is 0 Å². The topological polar surface area (TPSA) is 75.6 Å². The lowest BCUT2D eigenvalue weighted by molar-refractivity contribution is 0.0696. The zero-order valence-corrected chi connectivity index (χ0v) is 13.4. The third-order valence-corrected chi connectivity index (χ3v) is 4.35. The number of aryl methyl sites for hydroxylation is 1. The number of carboxylic acids is 1. The molecule has 0 aliphatic heterocycles. The van der Waals surface area contributed by atoms with Gasteiger partial charge in [0.2, 0.25) is 0 Å². The first-order chi connectivity index (χ1) is 10.4. The maximum atomic E-state index is 12.3. The molecule has 5 nitrogen and oxygen atoms in total. The molecule has 1 heterocycles. The number of amides is 1. The van der Waals surface area contributed by atoms with Gasteiger partial charge in [0, 0.05) is 23.1 Å². The Labute approximate surface area is 132 Å². The van der Waals surface area contributed by atoms with Crippen molar-refractivity contribution in [2.45, 2.75) is 20.5 Å². The molecule has 22 heavy (non-hydrogen) atoms. The van der Waals surface area contributed by atoms with Crippen molar-refractivity contribution < 1.29 is 19.4 Å². The molecule has 1 aromatic heterocycles. The SMILES string of the molecule is COCc1cc(NC(=O)c2csc(C)c2C)cc(C(=O)O)c1. The second kappa shape index (κ2) is 6.72. The minimum Gasteiger partial charge on any atom is -0.478 e. The molecule has 0 spiro atoms. The van der Waals surface area contributed by atoms with E-state index < -0.39 is 5.97 Å². The van der Waals surface area contributed by atoms with E-state index >= 15 is 0 Å². The molecule has 0 atom stereocenters. The Bertz CT molecular complexity index is 721. The van der Waals surface area contributed by atoms with Crippen LogP contribution < -0.4 is 5.32 Å². The molecule has 1 aromatic carbocycles. The first-order valence-corrected chi connectivity index (χ1v) is 7.52. The highest BCUT2D eigenvalue weighted by atomic mass is 32.1. The Kier molecular flexibility index (Phi) is 4.95. The number of anilines is 1. The smallest absolute Gasteiger partial charge is 0.335 e. The summed E-state index contributed by atoms with van der Waals surface area (Å²) in [6.45, 7) is 4.13. The van der Waals surface area contributed by atoms with E-state index in [2.05, 4.69) is 5.32 Å². The molecule has 6 heteroatoms. The van der Waals surface area contributed by atoms with E-state index in [1.165, 1.54) is 30.6 Å². The Morgan fingerprint density at radius 1 is 1.27 bits per heavy atom. The molecule has 1 amide bonds. The number of hydrogen-bond donors (Lipinski definition) is 2. The molecule has 0 saturated carbocycles. The summed E-state index contributed by atoms with van der Waals surface area (Å²) in [5.74, 6) is -1.29. The molecule has 0 aliphatic carbocycles. The standard InChI is InChI=1S/C16H17NO4S/c1-9-10(2)22-8-14(9)15(18)17-13-5-11(7-21-3)4-12(6-13)16(19)20/h4-6,8H,7H2,1-3H3,(H,17,18)(H,19,20). The van der Waals surface area contributed by atoms with Gasteiger partial charge in [0.05, 0.1) is 17.7 Å². The Morgan fingerprint density at radius 2 is 2.00 bits per heavy atom. The number of carboxylic acid groups (broad SMARTS) is 1. The molecule has 0 radical (unpaired) electrons. The summed E-state index contributed by atoms with van der Waals surface area (Å²) in [6.07, 6.45) is 0. The number of aromatic carboxylic acids is 1. The fourth-order valence-electron chi connectivity index (χ4n) is 2.07. The summed E-state index contributed by atoms with van der Waals surface area (Å²) >= 11 is 1.51. The lowest BCUT2D eigenvalue weighted by Crippen LogP contribution is -2.13. The molecule has 2 N–H and O–H groups in total. The van der Waals surface area contributed by atoms with Gasteiger partial charge in [0.25, 0.3) is 5.91 Å².